The molecule has 2 aromatic heterocycles. The molecule has 6 nitrogen and oxygen atoms in total. The van der Waals surface area contributed by atoms with Crippen LogP contribution < -0.4 is 0 Å². The lowest BCUT2D eigenvalue weighted by atomic mass is 10.6. The molecule has 8 heteroatoms. The molecule has 0 amide bonds. The number of carbonyl (C=O) groups is 1. The fraction of sp³-hybridized carbons (Fsp3) is 0.250. The molecule has 0 saturated heterocycles. The molecule has 0 radical (unpaired) electrons. The summed E-state index contributed by atoms with van der Waals surface area (Å²) in [6.45, 7) is 0. The lowest BCUT2D eigenvalue weighted by Crippen LogP contribution is -1.96. The summed E-state index contributed by atoms with van der Waals surface area (Å²) in [5.74, 6) is -0.393. The fourth-order valence-electron chi connectivity index (χ4n) is 1.03. The van der Waals surface area contributed by atoms with Crippen molar-refractivity contribution in [1.29, 1.82) is 0 Å². The predicted molar refractivity (Wildman–Crippen MR) is 59.6 cm³/mol. The van der Waals surface area contributed by atoms with E-state index >= 15 is 0 Å². The van der Waals surface area contributed by atoms with Gasteiger partial charge in [-0.15, -0.1) is 11.3 Å². The molecule has 0 spiro atoms. The molecule has 0 atom stereocenters. The number of aryl methyl sites for hydroxylation is 1. The SMILES string of the molecule is Cn1ncnc1SCc1csc(C(=O)O)n1. The zero-order chi connectivity index (χ0) is 11.5. The molecule has 84 valence electrons. The Morgan fingerprint density at radius 1 is 1.69 bits per heavy atom. The molecular formula is C8H8N4O2S2. The van der Waals surface area contributed by atoms with E-state index in [2.05, 4.69) is 15.1 Å². The molecule has 2 heterocycles. The van der Waals surface area contributed by atoms with E-state index in [0.717, 1.165) is 22.2 Å². The van der Waals surface area contributed by atoms with E-state index < -0.39 is 5.97 Å². The van der Waals surface area contributed by atoms with Crippen molar-refractivity contribution in [3.8, 4) is 0 Å². The average Bonchev–Trinajstić information content (AvgIpc) is 2.83. The van der Waals surface area contributed by atoms with Crippen molar-refractivity contribution in [2.45, 2.75) is 10.9 Å². The first kappa shape index (κ1) is 11.1. The third-order valence-corrected chi connectivity index (χ3v) is 3.70. The Hall–Kier alpha value is -1.41. The molecule has 2 aromatic rings. The predicted octanol–water partition coefficient (Wildman–Crippen LogP) is 1.26. The number of thiazole rings is 1. The summed E-state index contributed by atoms with van der Waals surface area (Å²) in [4.78, 5) is 18.6. The van der Waals surface area contributed by atoms with Gasteiger partial charge in [-0.05, 0) is 0 Å². The van der Waals surface area contributed by atoms with Gasteiger partial charge in [0.25, 0.3) is 0 Å². The Morgan fingerprint density at radius 3 is 3.06 bits per heavy atom. The number of carboxylic acid groups (broad SMARTS) is 1. The van der Waals surface area contributed by atoms with E-state index in [4.69, 9.17) is 5.11 Å². The first-order valence-electron chi connectivity index (χ1n) is 4.31. The number of thioether (sulfide) groups is 1. The number of aromatic nitrogens is 4. The van der Waals surface area contributed by atoms with Gasteiger partial charge in [0.05, 0.1) is 5.69 Å². The van der Waals surface area contributed by atoms with Crippen molar-refractivity contribution in [3.63, 3.8) is 0 Å². The van der Waals surface area contributed by atoms with Gasteiger partial charge >= 0.3 is 5.97 Å². The number of hydrogen-bond acceptors (Lipinski definition) is 6. The van der Waals surface area contributed by atoms with Crippen LogP contribution in [0.4, 0.5) is 0 Å². The van der Waals surface area contributed by atoms with Crippen LogP contribution in [-0.2, 0) is 12.8 Å². The smallest absolute Gasteiger partial charge is 0.365 e. The van der Waals surface area contributed by atoms with Gasteiger partial charge in [0.15, 0.2) is 5.16 Å². The van der Waals surface area contributed by atoms with Crippen LogP contribution in [0.15, 0.2) is 16.9 Å². The van der Waals surface area contributed by atoms with Gasteiger partial charge in [0.2, 0.25) is 5.01 Å². The molecule has 1 N–H and O–H groups in total. The van der Waals surface area contributed by atoms with Crippen LogP contribution in [0.1, 0.15) is 15.5 Å². The number of aromatic carboxylic acids is 1. The zero-order valence-corrected chi connectivity index (χ0v) is 9.96. The second-order valence-electron chi connectivity index (χ2n) is 2.90. The standard InChI is InChI=1S/C8H8N4O2S2/c1-12-8(9-4-10-12)16-3-5-2-15-6(11-5)7(13)14/h2,4H,3H2,1H3,(H,13,14). The van der Waals surface area contributed by atoms with E-state index in [0.29, 0.717) is 5.75 Å². The lowest BCUT2D eigenvalue weighted by molar-refractivity contribution is 0.0696. The van der Waals surface area contributed by atoms with Crippen molar-refractivity contribution in [2.24, 2.45) is 7.05 Å². The first-order valence-corrected chi connectivity index (χ1v) is 6.18. The number of hydrogen-bond donors (Lipinski definition) is 1. The maximum atomic E-state index is 10.6. The van der Waals surface area contributed by atoms with Crippen molar-refractivity contribution >= 4 is 29.1 Å². The molecule has 2 rings (SSSR count). The Morgan fingerprint density at radius 2 is 2.50 bits per heavy atom. The summed E-state index contributed by atoms with van der Waals surface area (Å²) in [6, 6.07) is 0. The van der Waals surface area contributed by atoms with Gasteiger partial charge in [-0.2, -0.15) is 5.10 Å². The van der Waals surface area contributed by atoms with Crippen LogP contribution in [0.5, 0.6) is 0 Å². The van der Waals surface area contributed by atoms with E-state index in [9.17, 15) is 4.79 Å². The van der Waals surface area contributed by atoms with Crippen LogP contribution in [0.2, 0.25) is 0 Å². The van der Waals surface area contributed by atoms with E-state index in [-0.39, 0.29) is 5.01 Å². The fourth-order valence-corrected chi connectivity index (χ4v) is 2.57. The average molecular weight is 256 g/mol. The van der Waals surface area contributed by atoms with Crippen molar-refractivity contribution < 1.29 is 9.90 Å². The first-order chi connectivity index (χ1) is 7.66. The highest BCUT2D eigenvalue weighted by atomic mass is 32.2. The molecule has 0 bridgehead atoms. The summed E-state index contributed by atoms with van der Waals surface area (Å²) in [6.07, 6.45) is 1.48. The van der Waals surface area contributed by atoms with Gasteiger partial charge in [-0.1, -0.05) is 11.8 Å². The minimum Gasteiger partial charge on any atom is -0.476 e. The molecule has 0 aliphatic rings. The van der Waals surface area contributed by atoms with Crippen molar-refractivity contribution in [1.82, 2.24) is 19.7 Å². The van der Waals surface area contributed by atoms with E-state index in [1.807, 2.05) is 0 Å². The van der Waals surface area contributed by atoms with Crippen molar-refractivity contribution in [3.05, 3.63) is 22.4 Å². The van der Waals surface area contributed by atoms with Crippen LogP contribution in [0.25, 0.3) is 0 Å². The second kappa shape index (κ2) is 4.62. The summed E-state index contributed by atoms with van der Waals surface area (Å²) < 4.78 is 1.66. The normalized spacial score (nSPS) is 10.6. The lowest BCUT2D eigenvalue weighted by Gasteiger charge is -1.96. The Kier molecular flexibility index (Phi) is 3.20. The van der Waals surface area contributed by atoms with Gasteiger partial charge in [-0.3, -0.25) is 0 Å². The highest BCUT2D eigenvalue weighted by Gasteiger charge is 2.10. The molecule has 0 aliphatic heterocycles. The highest BCUT2D eigenvalue weighted by molar-refractivity contribution is 7.98. The summed E-state index contributed by atoms with van der Waals surface area (Å²) in [7, 11) is 1.80. The van der Waals surface area contributed by atoms with Crippen LogP contribution in [-0.4, -0.2) is 30.8 Å². The summed E-state index contributed by atoms with van der Waals surface area (Å²) in [5, 5.41) is 15.3. The molecule has 16 heavy (non-hydrogen) atoms. The van der Waals surface area contributed by atoms with Gasteiger partial charge in [0.1, 0.15) is 6.33 Å². The summed E-state index contributed by atoms with van der Waals surface area (Å²) in [5.41, 5.74) is 0.746. The Labute approximate surface area is 99.3 Å². The maximum absolute atomic E-state index is 10.6. The molecular weight excluding hydrogens is 248 g/mol. The van der Waals surface area contributed by atoms with E-state index in [1.54, 1.807) is 17.1 Å². The number of carboxylic acids is 1. The number of rotatable bonds is 4. The van der Waals surface area contributed by atoms with E-state index in [1.165, 1.54) is 18.1 Å². The zero-order valence-electron chi connectivity index (χ0n) is 8.32. The van der Waals surface area contributed by atoms with Crippen LogP contribution >= 0.6 is 23.1 Å². The third-order valence-electron chi connectivity index (χ3n) is 1.75. The molecule has 0 saturated carbocycles. The minimum absolute atomic E-state index is 0.119. The quantitative estimate of drug-likeness (QED) is 0.829. The second-order valence-corrected chi connectivity index (χ2v) is 4.70. The van der Waals surface area contributed by atoms with Gasteiger partial charge in [-0.25, -0.2) is 19.4 Å². The highest BCUT2D eigenvalue weighted by Crippen LogP contribution is 2.20. The largest absolute Gasteiger partial charge is 0.476 e. The van der Waals surface area contributed by atoms with Gasteiger partial charge in [0, 0.05) is 18.2 Å². The molecule has 0 aromatic carbocycles. The van der Waals surface area contributed by atoms with Crippen LogP contribution in [0.3, 0.4) is 0 Å². The third kappa shape index (κ3) is 2.39. The monoisotopic (exact) mass is 256 g/mol. The molecule has 0 fully saturated rings. The van der Waals surface area contributed by atoms with Gasteiger partial charge < -0.3 is 5.11 Å². The Balaban J connectivity index is 2.00. The molecule has 0 unspecified atom stereocenters. The number of nitrogens with zero attached hydrogens (tertiary/aromatic N) is 4. The van der Waals surface area contributed by atoms with Crippen LogP contribution in [0, 0.1) is 0 Å². The van der Waals surface area contributed by atoms with Crippen molar-refractivity contribution in [2.75, 3.05) is 0 Å². The topological polar surface area (TPSA) is 80.9 Å². The summed E-state index contributed by atoms with van der Waals surface area (Å²) >= 11 is 2.60. The Bertz CT molecular complexity index is 508. The molecule has 0 aliphatic carbocycles. The maximum Gasteiger partial charge on any atom is 0.365 e. The minimum atomic E-state index is -0.986.